The molecular formula is C12H8Cl3N3O. The first-order chi connectivity index (χ1) is 8.97. The number of nitrogen functional groups attached to an aromatic ring is 1. The van der Waals surface area contributed by atoms with E-state index in [2.05, 4.69) is 10.3 Å². The number of rotatable bonds is 2. The molecule has 19 heavy (non-hydrogen) atoms. The number of anilines is 2. The summed E-state index contributed by atoms with van der Waals surface area (Å²) in [6, 6.07) is 6.22. The Labute approximate surface area is 124 Å². The van der Waals surface area contributed by atoms with E-state index in [1.165, 1.54) is 12.3 Å². The zero-order valence-corrected chi connectivity index (χ0v) is 11.7. The van der Waals surface area contributed by atoms with Crippen LogP contribution in [0.5, 0.6) is 0 Å². The standard InChI is InChI=1S/C12H8Cl3N3O/c13-8-2-1-7(4-9(8)14)18-12(19)6-3-10(15)11(16)17-5-6/h1-5H,(H2,16,17)(H,18,19). The number of hydrogen-bond donors (Lipinski definition) is 2. The van der Waals surface area contributed by atoms with Crippen LogP contribution < -0.4 is 11.1 Å². The van der Waals surface area contributed by atoms with Gasteiger partial charge in [0.2, 0.25) is 0 Å². The van der Waals surface area contributed by atoms with Gasteiger partial charge in [-0.1, -0.05) is 34.8 Å². The Kier molecular flexibility index (Phi) is 4.14. The van der Waals surface area contributed by atoms with E-state index in [-0.39, 0.29) is 16.7 Å². The molecule has 0 aliphatic heterocycles. The van der Waals surface area contributed by atoms with E-state index in [9.17, 15) is 4.79 Å². The van der Waals surface area contributed by atoms with Crippen LogP contribution in [-0.2, 0) is 0 Å². The van der Waals surface area contributed by atoms with Crippen molar-refractivity contribution >= 4 is 52.2 Å². The summed E-state index contributed by atoms with van der Waals surface area (Å²) >= 11 is 17.4. The number of hydrogen-bond acceptors (Lipinski definition) is 3. The first kappa shape index (κ1) is 13.9. The van der Waals surface area contributed by atoms with Gasteiger partial charge in [-0.15, -0.1) is 0 Å². The number of aromatic nitrogens is 1. The normalized spacial score (nSPS) is 10.3. The molecule has 0 spiro atoms. The number of carbonyl (C=O) groups excluding carboxylic acids is 1. The number of benzene rings is 1. The van der Waals surface area contributed by atoms with Crippen LogP contribution in [0.1, 0.15) is 10.4 Å². The summed E-state index contributed by atoms with van der Waals surface area (Å²) in [5, 5.41) is 3.64. The molecule has 0 bridgehead atoms. The molecule has 0 aliphatic carbocycles. The second-order valence-electron chi connectivity index (χ2n) is 3.67. The van der Waals surface area contributed by atoms with Gasteiger partial charge < -0.3 is 11.1 Å². The maximum absolute atomic E-state index is 11.9. The van der Waals surface area contributed by atoms with Crippen LogP contribution in [0, 0.1) is 0 Å². The third kappa shape index (κ3) is 3.29. The van der Waals surface area contributed by atoms with Gasteiger partial charge in [0.15, 0.2) is 0 Å². The van der Waals surface area contributed by atoms with Crippen molar-refractivity contribution in [2.45, 2.75) is 0 Å². The highest BCUT2D eigenvalue weighted by Gasteiger charge is 2.09. The van der Waals surface area contributed by atoms with Crippen molar-refractivity contribution < 1.29 is 4.79 Å². The van der Waals surface area contributed by atoms with E-state index < -0.39 is 0 Å². The largest absolute Gasteiger partial charge is 0.382 e. The quantitative estimate of drug-likeness (QED) is 0.883. The number of nitrogens with zero attached hydrogens (tertiary/aromatic N) is 1. The van der Waals surface area contributed by atoms with Gasteiger partial charge in [-0.05, 0) is 24.3 Å². The number of nitrogens with two attached hydrogens (primary N) is 1. The number of nitrogens with one attached hydrogen (secondary N) is 1. The summed E-state index contributed by atoms with van der Waals surface area (Å²) in [5.74, 6) is -0.194. The minimum atomic E-state index is -0.368. The Morgan fingerprint density at radius 1 is 1.11 bits per heavy atom. The van der Waals surface area contributed by atoms with Gasteiger partial charge in [0.05, 0.1) is 20.6 Å². The molecule has 0 aliphatic rings. The van der Waals surface area contributed by atoms with E-state index in [1.54, 1.807) is 18.2 Å². The smallest absolute Gasteiger partial charge is 0.257 e. The lowest BCUT2D eigenvalue weighted by molar-refractivity contribution is 0.102. The van der Waals surface area contributed by atoms with Gasteiger partial charge in [-0.25, -0.2) is 4.98 Å². The van der Waals surface area contributed by atoms with E-state index in [4.69, 9.17) is 40.5 Å². The molecule has 3 N–H and O–H groups in total. The lowest BCUT2D eigenvalue weighted by Crippen LogP contribution is -2.12. The zero-order chi connectivity index (χ0) is 14.0. The highest BCUT2D eigenvalue weighted by atomic mass is 35.5. The molecular weight excluding hydrogens is 309 g/mol. The molecule has 1 aromatic heterocycles. The SMILES string of the molecule is Nc1ncc(C(=O)Nc2ccc(Cl)c(Cl)c2)cc1Cl. The molecule has 1 amide bonds. The molecule has 0 unspecified atom stereocenters. The van der Waals surface area contributed by atoms with Gasteiger partial charge in [0.1, 0.15) is 5.82 Å². The maximum atomic E-state index is 11.9. The summed E-state index contributed by atoms with van der Waals surface area (Å²) in [7, 11) is 0. The van der Waals surface area contributed by atoms with E-state index in [1.807, 2.05) is 0 Å². The first-order valence-electron chi connectivity index (χ1n) is 5.15. The van der Waals surface area contributed by atoms with Gasteiger partial charge in [-0.3, -0.25) is 4.79 Å². The Bertz CT molecular complexity index is 646. The highest BCUT2D eigenvalue weighted by molar-refractivity contribution is 6.42. The monoisotopic (exact) mass is 315 g/mol. The fourth-order valence-electron chi connectivity index (χ4n) is 1.35. The molecule has 7 heteroatoms. The van der Waals surface area contributed by atoms with Crippen molar-refractivity contribution in [1.82, 2.24) is 4.98 Å². The van der Waals surface area contributed by atoms with Gasteiger partial charge >= 0.3 is 0 Å². The minimum Gasteiger partial charge on any atom is -0.382 e. The van der Waals surface area contributed by atoms with Crippen molar-refractivity contribution in [2.75, 3.05) is 11.1 Å². The second kappa shape index (κ2) is 5.65. The van der Waals surface area contributed by atoms with Gasteiger partial charge in [-0.2, -0.15) is 0 Å². The summed E-state index contributed by atoms with van der Waals surface area (Å²) < 4.78 is 0. The van der Waals surface area contributed by atoms with Crippen molar-refractivity contribution in [2.24, 2.45) is 0 Å². The van der Waals surface area contributed by atoms with Crippen molar-refractivity contribution in [3.63, 3.8) is 0 Å². The van der Waals surface area contributed by atoms with E-state index in [0.717, 1.165) is 0 Å². The molecule has 98 valence electrons. The highest BCUT2D eigenvalue weighted by Crippen LogP contribution is 2.25. The third-order valence-corrected chi connectivity index (χ3v) is 3.35. The van der Waals surface area contributed by atoms with Crippen LogP contribution in [-0.4, -0.2) is 10.9 Å². The Morgan fingerprint density at radius 2 is 1.84 bits per heavy atom. The third-order valence-electron chi connectivity index (χ3n) is 2.31. The maximum Gasteiger partial charge on any atom is 0.257 e. The second-order valence-corrected chi connectivity index (χ2v) is 4.90. The zero-order valence-electron chi connectivity index (χ0n) is 9.45. The minimum absolute atomic E-state index is 0.174. The number of halogens is 3. The van der Waals surface area contributed by atoms with Crippen molar-refractivity contribution in [3.05, 3.63) is 51.1 Å². The summed E-state index contributed by atoms with van der Waals surface area (Å²) in [4.78, 5) is 15.8. The predicted molar refractivity (Wildman–Crippen MR) is 78.1 cm³/mol. The first-order valence-corrected chi connectivity index (χ1v) is 6.28. The van der Waals surface area contributed by atoms with Gasteiger partial charge in [0.25, 0.3) is 5.91 Å². The molecule has 1 aromatic carbocycles. The van der Waals surface area contributed by atoms with E-state index in [0.29, 0.717) is 21.3 Å². The Balaban J connectivity index is 2.20. The fraction of sp³-hybridized carbons (Fsp3) is 0. The predicted octanol–water partition coefficient (Wildman–Crippen LogP) is 3.88. The molecule has 2 aromatic rings. The van der Waals surface area contributed by atoms with Crippen LogP contribution >= 0.6 is 34.8 Å². The van der Waals surface area contributed by atoms with Crippen LogP contribution in [0.15, 0.2) is 30.5 Å². The Morgan fingerprint density at radius 3 is 2.47 bits per heavy atom. The summed E-state index contributed by atoms with van der Waals surface area (Å²) in [6.07, 6.45) is 1.34. The van der Waals surface area contributed by atoms with Crippen LogP contribution in [0.2, 0.25) is 15.1 Å². The average Bonchev–Trinajstić information content (AvgIpc) is 2.37. The fourth-order valence-corrected chi connectivity index (χ4v) is 1.81. The lowest BCUT2D eigenvalue weighted by atomic mass is 10.2. The molecule has 0 atom stereocenters. The van der Waals surface area contributed by atoms with Crippen LogP contribution in [0.3, 0.4) is 0 Å². The molecule has 0 saturated heterocycles. The lowest BCUT2D eigenvalue weighted by Gasteiger charge is -2.07. The number of amides is 1. The summed E-state index contributed by atoms with van der Waals surface area (Å²) in [5.41, 5.74) is 6.29. The van der Waals surface area contributed by atoms with Crippen molar-refractivity contribution in [3.8, 4) is 0 Å². The molecule has 2 rings (SSSR count). The number of pyridine rings is 1. The molecule has 0 radical (unpaired) electrons. The molecule has 1 heterocycles. The average molecular weight is 317 g/mol. The van der Waals surface area contributed by atoms with Crippen molar-refractivity contribution in [1.29, 1.82) is 0 Å². The topological polar surface area (TPSA) is 68.0 Å². The van der Waals surface area contributed by atoms with Gasteiger partial charge in [0, 0.05) is 11.9 Å². The molecule has 0 fully saturated rings. The number of carbonyl (C=O) groups is 1. The molecule has 4 nitrogen and oxygen atoms in total. The molecule has 0 saturated carbocycles. The van der Waals surface area contributed by atoms with Crippen LogP contribution in [0.4, 0.5) is 11.5 Å². The van der Waals surface area contributed by atoms with Crippen LogP contribution in [0.25, 0.3) is 0 Å². The van der Waals surface area contributed by atoms with E-state index >= 15 is 0 Å². The summed E-state index contributed by atoms with van der Waals surface area (Å²) in [6.45, 7) is 0. The Hall–Kier alpha value is -1.49.